The van der Waals surface area contributed by atoms with E-state index in [1.165, 1.54) is 0 Å². The fraction of sp³-hybridized carbons (Fsp3) is 0.308. The largest absolute Gasteiger partial charge is 0.504 e. The summed E-state index contributed by atoms with van der Waals surface area (Å²) >= 11 is 0. The van der Waals surface area contributed by atoms with Gasteiger partial charge in [0.25, 0.3) is 0 Å². The molecule has 0 aliphatic heterocycles. The normalized spacial score (nSPS) is 10.4. The van der Waals surface area contributed by atoms with E-state index in [1.54, 1.807) is 30.7 Å². The molecule has 90 valence electrons. The van der Waals surface area contributed by atoms with Gasteiger partial charge in [-0.3, -0.25) is 0 Å². The average molecular weight is 232 g/mol. The monoisotopic (exact) mass is 232 g/mol. The maximum absolute atomic E-state index is 9.56. The quantitative estimate of drug-likeness (QED) is 0.861. The maximum Gasteiger partial charge on any atom is 0.161 e. The lowest BCUT2D eigenvalue weighted by molar-refractivity contribution is 0.279. The van der Waals surface area contributed by atoms with Crippen LogP contribution in [0.25, 0.3) is 0 Å². The summed E-state index contributed by atoms with van der Waals surface area (Å²) in [6, 6.07) is 6.95. The van der Waals surface area contributed by atoms with Crippen LogP contribution in [0, 0.1) is 0 Å². The number of benzene rings is 1. The standard InChI is InChI=1S/C13H16N2O2/c1-2-7-15-10-14-8-11(15)9-17-13-6-4-3-5-12(13)16/h3-6,8,10,16H,2,7,9H2,1H3. The molecule has 0 amide bonds. The Bertz CT molecular complexity index is 480. The van der Waals surface area contributed by atoms with E-state index in [0.717, 1.165) is 18.7 Å². The van der Waals surface area contributed by atoms with Crippen molar-refractivity contribution in [2.45, 2.75) is 26.5 Å². The van der Waals surface area contributed by atoms with Crippen molar-refractivity contribution in [3.63, 3.8) is 0 Å². The molecule has 4 nitrogen and oxygen atoms in total. The Morgan fingerprint density at radius 1 is 1.35 bits per heavy atom. The molecule has 0 spiro atoms. The van der Waals surface area contributed by atoms with Crippen molar-refractivity contribution in [2.24, 2.45) is 0 Å². The predicted molar refractivity (Wildman–Crippen MR) is 65.0 cm³/mol. The van der Waals surface area contributed by atoms with Crippen LogP contribution >= 0.6 is 0 Å². The van der Waals surface area contributed by atoms with Crippen molar-refractivity contribution in [2.75, 3.05) is 0 Å². The highest BCUT2D eigenvalue weighted by atomic mass is 16.5. The van der Waals surface area contributed by atoms with Crippen LogP contribution in [0.4, 0.5) is 0 Å². The molecule has 1 aromatic heterocycles. The van der Waals surface area contributed by atoms with Gasteiger partial charge in [-0.05, 0) is 18.6 Å². The topological polar surface area (TPSA) is 47.3 Å². The number of hydrogen-bond acceptors (Lipinski definition) is 3. The lowest BCUT2D eigenvalue weighted by atomic mass is 10.3. The fourth-order valence-corrected chi connectivity index (χ4v) is 1.64. The van der Waals surface area contributed by atoms with Crippen LogP contribution in [0.2, 0.25) is 0 Å². The Morgan fingerprint density at radius 2 is 2.18 bits per heavy atom. The third kappa shape index (κ3) is 2.78. The molecule has 0 fully saturated rings. The summed E-state index contributed by atoms with van der Waals surface area (Å²) in [5.74, 6) is 0.658. The Kier molecular flexibility index (Phi) is 3.65. The van der Waals surface area contributed by atoms with Gasteiger partial charge in [0.1, 0.15) is 6.61 Å². The lowest BCUT2D eigenvalue weighted by Crippen LogP contribution is -2.04. The van der Waals surface area contributed by atoms with Crippen molar-refractivity contribution < 1.29 is 9.84 Å². The maximum atomic E-state index is 9.56. The smallest absolute Gasteiger partial charge is 0.161 e. The van der Waals surface area contributed by atoms with E-state index in [-0.39, 0.29) is 5.75 Å². The molecule has 2 rings (SSSR count). The van der Waals surface area contributed by atoms with E-state index in [2.05, 4.69) is 16.5 Å². The van der Waals surface area contributed by atoms with Gasteiger partial charge in [-0.2, -0.15) is 0 Å². The number of aryl methyl sites for hydroxylation is 1. The molecule has 0 aliphatic rings. The Labute approximate surface area is 100 Å². The molecule has 0 saturated heterocycles. The summed E-state index contributed by atoms with van der Waals surface area (Å²) in [5, 5.41) is 9.56. The van der Waals surface area contributed by atoms with Crippen molar-refractivity contribution in [3.8, 4) is 11.5 Å². The average Bonchev–Trinajstić information content (AvgIpc) is 2.76. The molecule has 0 bridgehead atoms. The molecule has 0 saturated carbocycles. The van der Waals surface area contributed by atoms with E-state index in [1.807, 2.05) is 6.07 Å². The summed E-state index contributed by atoms with van der Waals surface area (Å²) in [6.07, 6.45) is 4.64. The number of rotatable bonds is 5. The molecular weight excluding hydrogens is 216 g/mol. The zero-order chi connectivity index (χ0) is 12.1. The van der Waals surface area contributed by atoms with Gasteiger partial charge in [0, 0.05) is 6.54 Å². The summed E-state index contributed by atoms with van der Waals surface area (Å²) < 4.78 is 7.61. The van der Waals surface area contributed by atoms with Gasteiger partial charge in [-0.1, -0.05) is 19.1 Å². The highest BCUT2D eigenvalue weighted by Crippen LogP contribution is 2.25. The van der Waals surface area contributed by atoms with E-state index in [0.29, 0.717) is 12.4 Å². The number of ether oxygens (including phenoxy) is 1. The molecule has 0 atom stereocenters. The number of para-hydroxylation sites is 2. The minimum Gasteiger partial charge on any atom is -0.504 e. The SMILES string of the molecule is CCCn1cncc1COc1ccccc1O. The fourth-order valence-electron chi connectivity index (χ4n) is 1.64. The molecule has 1 heterocycles. The van der Waals surface area contributed by atoms with Gasteiger partial charge in [0.2, 0.25) is 0 Å². The van der Waals surface area contributed by atoms with Gasteiger partial charge in [0.05, 0.1) is 18.2 Å². The van der Waals surface area contributed by atoms with Crippen LogP contribution < -0.4 is 4.74 Å². The van der Waals surface area contributed by atoms with Gasteiger partial charge in [-0.25, -0.2) is 4.98 Å². The third-order valence-corrected chi connectivity index (χ3v) is 2.50. The first-order chi connectivity index (χ1) is 8.31. The highest BCUT2D eigenvalue weighted by Gasteiger charge is 2.04. The zero-order valence-electron chi connectivity index (χ0n) is 9.84. The first-order valence-corrected chi connectivity index (χ1v) is 5.71. The minimum absolute atomic E-state index is 0.161. The number of phenolic OH excluding ortho intramolecular Hbond substituents is 1. The molecule has 17 heavy (non-hydrogen) atoms. The van der Waals surface area contributed by atoms with E-state index >= 15 is 0 Å². The second-order valence-electron chi connectivity index (χ2n) is 3.83. The molecule has 0 aliphatic carbocycles. The molecule has 0 radical (unpaired) electrons. The van der Waals surface area contributed by atoms with Crippen molar-refractivity contribution >= 4 is 0 Å². The molecular formula is C13H16N2O2. The number of aromatic hydroxyl groups is 1. The van der Waals surface area contributed by atoms with E-state index in [9.17, 15) is 5.11 Å². The van der Waals surface area contributed by atoms with E-state index in [4.69, 9.17) is 4.74 Å². The van der Waals surface area contributed by atoms with Crippen LogP contribution in [0.1, 0.15) is 19.0 Å². The second kappa shape index (κ2) is 5.39. The lowest BCUT2D eigenvalue weighted by Gasteiger charge is -2.09. The van der Waals surface area contributed by atoms with Gasteiger partial charge >= 0.3 is 0 Å². The summed E-state index contributed by atoms with van der Waals surface area (Å²) in [6.45, 7) is 3.46. The zero-order valence-corrected chi connectivity index (χ0v) is 9.84. The van der Waals surface area contributed by atoms with Crippen LogP contribution in [0.3, 0.4) is 0 Å². The van der Waals surface area contributed by atoms with E-state index < -0.39 is 0 Å². The van der Waals surface area contributed by atoms with Crippen molar-refractivity contribution in [3.05, 3.63) is 42.5 Å². The predicted octanol–water partition coefficient (Wildman–Crippen LogP) is 2.58. The first-order valence-electron chi connectivity index (χ1n) is 5.71. The molecule has 4 heteroatoms. The van der Waals surface area contributed by atoms with Crippen molar-refractivity contribution in [1.29, 1.82) is 0 Å². The second-order valence-corrected chi connectivity index (χ2v) is 3.83. The van der Waals surface area contributed by atoms with Crippen molar-refractivity contribution in [1.82, 2.24) is 9.55 Å². The minimum atomic E-state index is 0.161. The number of hydrogen-bond donors (Lipinski definition) is 1. The van der Waals surface area contributed by atoms with Crippen LogP contribution in [-0.2, 0) is 13.2 Å². The third-order valence-electron chi connectivity index (χ3n) is 2.50. The summed E-state index contributed by atoms with van der Waals surface area (Å²) in [7, 11) is 0. The highest BCUT2D eigenvalue weighted by molar-refractivity contribution is 5.37. The molecule has 1 aromatic carbocycles. The number of nitrogens with zero attached hydrogens (tertiary/aromatic N) is 2. The summed E-state index contributed by atoms with van der Waals surface area (Å²) in [5.41, 5.74) is 1.01. The Balaban J connectivity index is 2.02. The van der Waals surface area contributed by atoms with Crippen LogP contribution in [0.15, 0.2) is 36.8 Å². The first kappa shape index (κ1) is 11.5. The number of aromatic nitrogens is 2. The molecule has 1 N–H and O–H groups in total. The Hall–Kier alpha value is -1.97. The molecule has 2 aromatic rings. The summed E-state index contributed by atoms with van der Waals surface area (Å²) in [4.78, 5) is 4.10. The molecule has 0 unspecified atom stereocenters. The van der Waals surface area contributed by atoms with Gasteiger partial charge in [0.15, 0.2) is 11.5 Å². The van der Waals surface area contributed by atoms with Gasteiger partial charge in [-0.15, -0.1) is 0 Å². The van der Waals surface area contributed by atoms with Crippen LogP contribution in [0.5, 0.6) is 11.5 Å². The number of phenols is 1. The number of imidazole rings is 1. The van der Waals surface area contributed by atoms with Crippen LogP contribution in [-0.4, -0.2) is 14.7 Å². The van der Waals surface area contributed by atoms with Gasteiger partial charge < -0.3 is 14.4 Å². The Morgan fingerprint density at radius 3 is 2.94 bits per heavy atom.